The molecule has 29 heavy (non-hydrogen) atoms. The van der Waals surface area contributed by atoms with Crippen molar-refractivity contribution in [2.75, 3.05) is 12.3 Å². The fraction of sp³-hybridized carbons (Fsp3) is 0.435. The molecule has 2 aromatic carbocycles. The van der Waals surface area contributed by atoms with Gasteiger partial charge in [0.15, 0.2) is 0 Å². The van der Waals surface area contributed by atoms with Crippen LogP contribution in [0, 0.1) is 0 Å². The van der Waals surface area contributed by atoms with Crippen molar-refractivity contribution in [3.05, 3.63) is 60.7 Å². The van der Waals surface area contributed by atoms with Crippen molar-refractivity contribution in [1.82, 2.24) is 10.8 Å². The molecule has 1 aliphatic rings. The van der Waals surface area contributed by atoms with Crippen LogP contribution in [0.25, 0.3) is 0 Å². The lowest BCUT2D eigenvalue weighted by Gasteiger charge is -2.43. The molecule has 0 aromatic heterocycles. The standard InChI is InChI=1S/C23H32N2O2SSi/c1-22(2,3)29(18-12-8-6-9-13-18,19-14-10-7-11-15-19)27-25-21(26)20-23(4,5)28-17-16-24-20/h6-15,20,24H,16-17H2,1-5H3,(H,25,26)/t20-/m0/s1. The number of carbonyl (C=O) groups excluding carboxylic acids is 1. The first kappa shape index (κ1) is 22.1. The van der Waals surface area contributed by atoms with E-state index in [9.17, 15) is 4.79 Å². The summed E-state index contributed by atoms with van der Waals surface area (Å²) in [6.45, 7) is 11.6. The largest absolute Gasteiger partial charge is 0.308 e. The number of amides is 1. The molecule has 0 spiro atoms. The summed E-state index contributed by atoms with van der Waals surface area (Å²) in [5, 5.41) is 5.46. The lowest BCUT2D eigenvalue weighted by molar-refractivity contribution is -0.131. The second kappa shape index (κ2) is 8.64. The average Bonchev–Trinajstić information content (AvgIpc) is 2.68. The Bertz CT molecular complexity index is 782. The number of hydrogen-bond donors (Lipinski definition) is 2. The Balaban J connectivity index is 1.99. The Morgan fingerprint density at radius 1 is 1.07 bits per heavy atom. The van der Waals surface area contributed by atoms with Crippen LogP contribution in [-0.2, 0) is 9.32 Å². The molecule has 0 saturated carbocycles. The third-order valence-corrected chi connectivity index (χ3v) is 11.8. The maximum absolute atomic E-state index is 13.2. The normalized spacial score (nSPS) is 19.6. The number of benzene rings is 2. The highest BCUT2D eigenvalue weighted by Crippen LogP contribution is 2.36. The van der Waals surface area contributed by atoms with Gasteiger partial charge in [0, 0.05) is 17.0 Å². The summed E-state index contributed by atoms with van der Waals surface area (Å²) in [6.07, 6.45) is 0. The van der Waals surface area contributed by atoms with E-state index in [0.29, 0.717) is 0 Å². The summed E-state index contributed by atoms with van der Waals surface area (Å²) in [7, 11) is -2.79. The molecular weight excluding hydrogens is 396 g/mol. The van der Waals surface area contributed by atoms with Crippen LogP contribution < -0.4 is 21.2 Å². The zero-order valence-corrected chi connectivity index (χ0v) is 19.8. The molecule has 2 aromatic rings. The summed E-state index contributed by atoms with van der Waals surface area (Å²) in [5.74, 6) is 0.905. The minimum Gasteiger partial charge on any atom is -0.308 e. The summed E-state index contributed by atoms with van der Waals surface area (Å²) in [5.41, 5.74) is 2.90. The maximum Gasteiger partial charge on any atom is 0.295 e. The van der Waals surface area contributed by atoms with Crippen LogP contribution >= 0.6 is 11.8 Å². The summed E-state index contributed by atoms with van der Waals surface area (Å²) >= 11 is 1.82. The molecule has 0 radical (unpaired) electrons. The van der Waals surface area contributed by atoms with Gasteiger partial charge < -0.3 is 9.84 Å². The molecule has 0 aliphatic carbocycles. The summed E-state index contributed by atoms with van der Waals surface area (Å²) < 4.78 is 6.38. The lowest BCUT2D eigenvalue weighted by atomic mass is 10.0. The quantitative estimate of drug-likeness (QED) is 0.568. The minimum atomic E-state index is -2.79. The van der Waals surface area contributed by atoms with E-state index in [4.69, 9.17) is 4.53 Å². The predicted molar refractivity (Wildman–Crippen MR) is 125 cm³/mol. The van der Waals surface area contributed by atoms with Gasteiger partial charge in [0.05, 0.1) is 0 Å². The average molecular weight is 429 g/mol. The Morgan fingerprint density at radius 2 is 1.59 bits per heavy atom. The monoisotopic (exact) mass is 428 g/mol. The first-order valence-corrected chi connectivity index (χ1v) is 13.0. The highest BCUT2D eigenvalue weighted by atomic mass is 32.2. The maximum atomic E-state index is 13.2. The molecule has 1 atom stereocenters. The predicted octanol–water partition coefficient (Wildman–Crippen LogP) is 3.08. The number of hydrogen-bond acceptors (Lipinski definition) is 4. The van der Waals surface area contributed by atoms with Crippen molar-refractivity contribution in [2.45, 2.75) is 50.4 Å². The van der Waals surface area contributed by atoms with E-state index in [-0.39, 0.29) is 21.7 Å². The lowest BCUT2D eigenvalue weighted by Crippen LogP contribution is -2.70. The van der Waals surface area contributed by atoms with E-state index in [1.165, 1.54) is 0 Å². The molecule has 1 amide bonds. The molecule has 2 N–H and O–H groups in total. The molecule has 3 rings (SSSR count). The Labute approximate surface area is 179 Å². The van der Waals surface area contributed by atoms with Gasteiger partial charge in [-0.2, -0.15) is 11.8 Å². The molecule has 1 fully saturated rings. The van der Waals surface area contributed by atoms with Gasteiger partial charge in [0.25, 0.3) is 14.2 Å². The SMILES string of the molecule is CC1(C)SCCN[C@H]1C(=O)NO[Si](c1ccccc1)(c1ccccc1)C(C)(C)C. The van der Waals surface area contributed by atoms with Crippen LogP contribution in [0.2, 0.25) is 5.04 Å². The number of rotatable bonds is 5. The minimum absolute atomic E-state index is 0.102. The first-order valence-electron chi connectivity index (χ1n) is 10.1. The Morgan fingerprint density at radius 3 is 2.03 bits per heavy atom. The summed E-state index contributed by atoms with van der Waals surface area (Å²) in [4.78, 5) is 13.2. The van der Waals surface area contributed by atoms with Gasteiger partial charge in [-0.05, 0) is 29.3 Å². The zero-order valence-electron chi connectivity index (χ0n) is 18.0. The molecule has 0 bridgehead atoms. The van der Waals surface area contributed by atoms with Crippen LogP contribution in [0.5, 0.6) is 0 Å². The van der Waals surface area contributed by atoms with Gasteiger partial charge in [0.2, 0.25) is 0 Å². The third-order valence-electron chi connectivity index (χ3n) is 5.60. The van der Waals surface area contributed by atoms with Crippen molar-refractivity contribution in [3.8, 4) is 0 Å². The van der Waals surface area contributed by atoms with E-state index in [1.54, 1.807) is 0 Å². The van der Waals surface area contributed by atoms with Crippen molar-refractivity contribution in [2.24, 2.45) is 0 Å². The Hall–Kier alpha value is -1.60. The summed E-state index contributed by atoms with van der Waals surface area (Å²) in [6, 6.07) is 20.4. The number of hydroxylamine groups is 1. The van der Waals surface area contributed by atoms with Gasteiger partial charge in [-0.1, -0.05) is 81.4 Å². The van der Waals surface area contributed by atoms with Crippen molar-refractivity contribution < 1.29 is 9.32 Å². The molecule has 1 heterocycles. The van der Waals surface area contributed by atoms with Gasteiger partial charge in [-0.15, -0.1) is 0 Å². The van der Waals surface area contributed by atoms with Crippen LogP contribution in [0.15, 0.2) is 60.7 Å². The van der Waals surface area contributed by atoms with Crippen LogP contribution in [0.3, 0.4) is 0 Å². The van der Waals surface area contributed by atoms with Crippen molar-refractivity contribution in [3.63, 3.8) is 0 Å². The first-order chi connectivity index (χ1) is 13.7. The van der Waals surface area contributed by atoms with E-state index >= 15 is 0 Å². The molecule has 1 aliphatic heterocycles. The zero-order chi connectivity index (χ0) is 21.1. The molecule has 4 nitrogen and oxygen atoms in total. The number of nitrogens with one attached hydrogen (secondary N) is 2. The molecule has 1 saturated heterocycles. The van der Waals surface area contributed by atoms with Gasteiger partial charge in [-0.3, -0.25) is 4.79 Å². The van der Waals surface area contributed by atoms with Crippen LogP contribution in [-0.4, -0.2) is 37.3 Å². The van der Waals surface area contributed by atoms with E-state index < -0.39 is 8.32 Å². The fourth-order valence-electron chi connectivity index (χ4n) is 4.09. The fourth-order valence-corrected chi connectivity index (χ4v) is 9.38. The van der Waals surface area contributed by atoms with Gasteiger partial charge in [-0.25, -0.2) is 5.48 Å². The Kier molecular flexibility index (Phi) is 6.58. The van der Waals surface area contributed by atoms with E-state index in [1.807, 2.05) is 48.2 Å². The highest BCUT2D eigenvalue weighted by Gasteiger charge is 2.52. The smallest absolute Gasteiger partial charge is 0.295 e. The second-order valence-corrected chi connectivity index (χ2v) is 15.0. The third kappa shape index (κ3) is 4.45. The highest BCUT2D eigenvalue weighted by molar-refractivity contribution is 8.00. The van der Waals surface area contributed by atoms with Crippen LogP contribution in [0.4, 0.5) is 0 Å². The van der Waals surface area contributed by atoms with Gasteiger partial charge in [0.1, 0.15) is 6.04 Å². The van der Waals surface area contributed by atoms with E-state index in [2.05, 4.69) is 69.7 Å². The second-order valence-electron chi connectivity index (χ2n) is 9.07. The molecular formula is C23H32N2O2SSi. The van der Waals surface area contributed by atoms with Crippen molar-refractivity contribution in [1.29, 1.82) is 0 Å². The molecule has 156 valence electrons. The molecule has 6 heteroatoms. The van der Waals surface area contributed by atoms with Crippen molar-refractivity contribution >= 4 is 36.4 Å². The van der Waals surface area contributed by atoms with Gasteiger partial charge >= 0.3 is 0 Å². The number of thioether (sulfide) groups is 1. The van der Waals surface area contributed by atoms with Crippen LogP contribution in [0.1, 0.15) is 34.6 Å². The number of carbonyl (C=O) groups is 1. The topological polar surface area (TPSA) is 50.4 Å². The molecule has 0 unspecified atom stereocenters. The van der Waals surface area contributed by atoms with E-state index in [0.717, 1.165) is 22.7 Å².